The molecular formula is C29H31ClF3N3O4S. The van der Waals surface area contributed by atoms with E-state index in [1.54, 1.807) is 57.2 Å². The Balaban J connectivity index is 2.09. The number of nitrogens with zero attached hydrogens (tertiary/aromatic N) is 2. The molecule has 12 heteroatoms. The van der Waals surface area contributed by atoms with E-state index < -0.39 is 46.2 Å². The van der Waals surface area contributed by atoms with Gasteiger partial charge in [-0.3, -0.25) is 13.9 Å². The van der Waals surface area contributed by atoms with Crippen LogP contribution < -0.4 is 9.62 Å². The molecule has 0 saturated carbocycles. The van der Waals surface area contributed by atoms with Gasteiger partial charge in [0.05, 0.1) is 16.1 Å². The zero-order chi connectivity index (χ0) is 30.5. The number of anilines is 1. The number of amides is 2. The summed E-state index contributed by atoms with van der Waals surface area (Å²) in [6, 6.07) is 14.7. The van der Waals surface area contributed by atoms with Gasteiger partial charge >= 0.3 is 6.18 Å². The summed E-state index contributed by atoms with van der Waals surface area (Å²) in [7, 11) is -4.50. The molecule has 0 saturated heterocycles. The van der Waals surface area contributed by atoms with Gasteiger partial charge in [0.15, 0.2) is 0 Å². The van der Waals surface area contributed by atoms with Crippen molar-refractivity contribution in [2.45, 2.75) is 57.4 Å². The highest BCUT2D eigenvalue weighted by molar-refractivity contribution is 7.92. The number of hydrogen-bond acceptors (Lipinski definition) is 4. The number of sulfonamides is 1. The number of aryl methyl sites for hydroxylation is 1. The van der Waals surface area contributed by atoms with Gasteiger partial charge in [0, 0.05) is 17.6 Å². The number of carbonyl (C=O) groups excluding carboxylic acids is 2. The molecule has 0 aromatic heterocycles. The van der Waals surface area contributed by atoms with Crippen LogP contribution >= 0.6 is 11.6 Å². The topological polar surface area (TPSA) is 86.8 Å². The predicted octanol–water partition coefficient (Wildman–Crippen LogP) is 5.80. The van der Waals surface area contributed by atoms with Crippen LogP contribution in [-0.4, -0.2) is 43.8 Å². The van der Waals surface area contributed by atoms with Crippen LogP contribution in [0.2, 0.25) is 5.02 Å². The van der Waals surface area contributed by atoms with E-state index in [-0.39, 0.29) is 23.2 Å². The normalized spacial score (nSPS) is 12.6. The number of hydrogen-bond donors (Lipinski definition) is 1. The first-order chi connectivity index (χ1) is 19.1. The van der Waals surface area contributed by atoms with Gasteiger partial charge in [-0.05, 0) is 75.7 Å². The molecule has 3 aromatic carbocycles. The second-order valence-electron chi connectivity index (χ2n) is 9.86. The van der Waals surface area contributed by atoms with Gasteiger partial charge < -0.3 is 10.2 Å². The highest BCUT2D eigenvalue weighted by Crippen LogP contribution is 2.33. The Bertz CT molecular complexity index is 1480. The number of halogens is 4. The Morgan fingerprint density at radius 3 is 2.12 bits per heavy atom. The van der Waals surface area contributed by atoms with E-state index in [2.05, 4.69) is 5.32 Å². The van der Waals surface area contributed by atoms with Crippen molar-refractivity contribution in [1.82, 2.24) is 10.2 Å². The van der Waals surface area contributed by atoms with Crippen molar-refractivity contribution in [1.29, 1.82) is 0 Å². The molecule has 220 valence electrons. The summed E-state index contributed by atoms with van der Waals surface area (Å²) in [4.78, 5) is 27.7. The first kappa shape index (κ1) is 32.0. The van der Waals surface area contributed by atoms with Crippen LogP contribution in [0.4, 0.5) is 18.9 Å². The molecule has 0 aliphatic rings. The third-order valence-corrected chi connectivity index (χ3v) is 8.25. The molecular weight excluding hydrogens is 579 g/mol. The Labute approximate surface area is 243 Å². The van der Waals surface area contributed by atoms with E-state index in [0.29, 0.717) is 21.0 Å². The van der Waals surface area contributed by atoms with Gasteiger partial charge in [-0.15, -0.1) is 0 Å². The van der Waals surface area contributed by atoms with Crippen molar-refractivity contribution in [2.75, 3.05) is 10.8 Å². The molecule has 7 nitrogen and oxygen atoms in total. The summed E-state index contributed by atoms with van der Waals surface area (Å²) < 4.78 is 68.9. The molecule has 3 rings (SSSR count). The quantitative estimate of drug-likeness (QED) is 0.315. The maximum Gasteiger partial charge on any atom is 0.416 e. The molecule has 0 aliphatic heterocycles. The Hall–Kier alpha value is -3.57. The first-order valence-electron chi connectivity index (χ1n) is 12.7. The molecule has 1 N–H and O–H groups in total. The van der Waals surface area contributed by atoms with Crippen molar-refractivity contribution in [3.05, 3.63) is 94.5 Å². The van der Waals surface area contributed by atoms with E-state index in [0.717, 1.165) is 17.7 Å². The highest BCUT2D eigenvalue weighted by Gasteiger charge is 2.35. The predicted molar refractivity (Wildman–Crippen MR) is 152 cm³/mol. The summed E-state index contributed by atoms with van der Waals surface area (Å²) in [5.74, 6) is -1.27. The zero-order valence-electron chi connectivity index (χ0n) is 22.9. The van der Waals surface area contributed by atoms with Crippen molar-refractivity contribution in [3.8, 4) is 0 Å². The van der Waals surface area contributed by atoms with Crippen molar-refractivity contribution >= 4 is 39.1 Å². The van der Waals surface area contributed by atoms with Crippen LogP contribution in [0.25, 0.3) is 0 Å². The Morgan fingerprint density at radius 1 is 0.951 bits per heavy atom. The molecule has 0 bridgehead atoms. The number of carbonyl (C=O) groups is 2. The van der Waals surface area contributed by atoms with Crippen LogP contribution in [0.1, 0.15) is 37.5 Å². The van der Waals surface area contributed by atoms with Crippen LogP contribution in [-0.2, 0) is 32.3 Å². The standard InChI is InChI=1S/C29H31ClF3N3O4S/c1-19(2)34-28(38)21(4)35(17-22-10-12-24(30)13-11-22)27(37)18-36(25-7-5-6-23(16-25)29(31,32)33)41(39,40)26-14-8-20(3)9-15-26/h5-16,19,21H,17-18H2,1-4H3,(H,34,38). The first-order valence-corrected chi connectivity index (χ1v) is 14.5. The van der Waals surface area contributed by atoms with Gasteiger partial charge in [0.1, 0.15) is 12.6 Å². The molecule has 3 aromatic rings. The van der Waals surface area contributed by atoms with E-state index >= 15 is 0 Å². The average Bonchev–Trinajstić information content (AvgIpc) is 2.90. The van der Waals surface area contributed by atoms with Crippen LogP contribution in [0.3, 0.4) is 0 Å². The van der Waals surface area contributed by atoms with Crippen LogP contribution in [0, 0.1) is 6.92 Å². The third-order valence-electron chi connectivity index (χ3n) is 6.21. The maximum atomic E-state index is 13.8. The summed E-state index contributed by atoms with van der Waals surface area (Å²) in [5, 5.41) is 3.19. The Kier molecular flexibility index (Phi) is 10.1. The Morgan fingerprint density at radius 2 is 1.56 bits per heavy atom. The molecule has 0 radical (unpaired) electrons. The number of rotatable bonds is 10. The highest BCUT2D eigenvalue weighted by atomic mass is 35.5. The zero-order valence-corrected chi connectivity index (χ0v) is 24.5. The monoisotopic (exact) mass is 609 g/mol. The smallest absolute Gasteiger partial charge is 0.352 e. The number of alkyl halides is 3. The summed E-state index contributed by atoms with van der Waals surface area (Å²) >= 11 is 5.98. The molecule has 41 heavy (non-hydrogen) atoms. The van der Waals surface area contributed by atoms with Gasteiger partial charge in [-0.2, -0.15) is 13.2 Å². The number of nitrogens with one attached hydrogen (secondary N) is 1. The molecule has 0 fully saturated rings. The maximum absolute atomic E-state index is 13.8. The van der Waals surface area contributed by atoms with Crippen LogP contribution in [0.15, 0.2) is 77.7 Å². The molecule has 1 unspecified atom stereocenters. The second kappa shape index (κ2) is 12.9. The summed E-state index contributed by atoms with van der Waals surface area (Å²) in [5.41, 5.74) is -0.0440. The van der Waals surface area contributed by atoms with Crippen LogP contribution in [0.5, 0.6) is 0 Å². The van der Waals surface area contributed by atoms with E-state index in [4.69, 9.17) is 11.6 Å². The average molecular weight is 610 g/mol. The minimum Gasteiger partial charge on any atom is -0.352 e. The lowest BCUT2D eigenvalue weighted by Crippen LogP contribution is -2.52. The molecule has 0 spiro atoms. The lowest BCUT2D eigenvalue weighted by atomic mass is 10.1. The van der Waals surface area contributed by atoms with Gasteiger partial charge in [0.2, 0.25) is 11.8 Å². The van der Waals surface area contributed by atoms with E-state index in [9.17, 15) is 31.2 Å². The largest absolute Gasteiger partial charge is 0.416 e. The van der Waals surface area contributed by atoms with Gasteiger partial charge in [0.25, 0.3) is 10.0 Å². The molecule has 2 amide bonds. The van der Waals surface area contributed by atoms with Gasteiger partial charge in [-0.25, -0.2) is 8.42 Å². The minimum atomic E-state index is -4.75. The number of benzene rings is 3. The second-order valence-corrected chi connectivity index (χ2v) is 12.2. The SMILES string of the molecule is Cc1ccc(S(=O)(=O)N(CC(=O)N(Cc2ccc(Cl)cc2)C(C)C(=O)NC(C)C)c2cccc(C(F)(F)F)c2)cc1. The minimum absolute atomic E-state index is 0.0797. The van der Waals surface area contributed by atoms with Crippen molar-refractivity contribution < 1.29 is 31.2 Å². The van der Waals surface area contributed by atoms with E-state index in [1.165, 1.54) is 30.0 Å². The third kappa shape index (κ3) is 8.23. The fraction of sp³-hybridized carbons (Fsp3) is 0.310. The van der Waals surface area contributed by atoms with Crippen molar-refractivity contribution in [2.24, 2.45) is 0 Å². The molecule has 1 atom stereocenters. The summed E-state index contributed by atoms with van der Waals surface area (Å²) in [6.07, 6.45) is -4.75. The van der Waals surface area contributed by atoms with Crippen molar-refractivity contribution in [3.63, 3.8) is 0 Å². The molecule has 0 heterocycles. The lowest BCUT2D eigenvalue weighted by molar-refractivity contribution is -0.139. The van der Waals surface area contributed by atoms with Gasteiger partial charge in [-0.1, -0.05) is 47.5 Å². The summed E-state index contributed by atoms with van der Waals surface area (Å²) in [6.45, 7) is 5.81. The lowest BCUT2D eigenvalue weighted by Gasteiger charge is -2.32. The fourth-order valence-electron chi connectivity index (χ4n) is 3.98. The fourth-order valence-corrected chi connectivity index (χ4v) is 5.51. The molecule has 0 aliphatic carbocycles. The van der Waals surface area contributed by atoms with E-state index in [1.807, 2.05) is 0 Å².